The van der Waals surface area contributed by atoms with Crippen LogP contribution >= 0.6 is 0 Å². The van der Waals surface area contributed by atoms with Gasteiger partial charge in [0.15, 0.2) is 5.82 Å². The molecule has 0 aliphatic heterocycles. The molecule has 0 atom stereocenters. The van der Waals surface area contributed by atoms with E-state index in [0.29, 0.717) is 23.6 Å². The summed E-state index contributed by atoms with van der Waals surface area (Å²) >= 11 is 0. The number of hydrogen-bond acceptors (Lipinski definition) is 7. The number of rotatable bonds is 7. The van der Waals surface area contributed by atoms with Crippen molar-refractivity contribution < 1.29 is 14.4 Å². The molecular formula is C16H21N5O3. The van der Waals surface area contributed by atoms with Crippen molar-refractivity contribution in [3.05, 3.63) is 24.2 Å². The van der Waals surface area contributed by atoms with Crippen LogP contribution in [0, 0.1) is 6.92 Å². The minimum Gasteiger partial charge on any atom is -0.480 e. The first-order valence-corrected chi connectivity index (χ1v) is 8.05. The van der Waals surface area contributed by atoms with Gasteiger partial charge >= 0.3 is 5.97 Å². The number of carboxylic acids is 1. The molecule has 128 valence electrons. The van der Waals surface area contributed by atoms with Gasteiger partial charge < -0.3 is 14.9 Å². The first kappa shape index (κ1) is 16.4. The molecule has 2 aromatic heterocycles. The van der Waals surface area contributed by atoms with Gasteiger partial charge in [-0.15, -0.1) is 0 Å². The molecule has 24 heavy (non-hydrogen) atoms. The van der Waals surface area contributed by atoms with Crippen molar-refractivity contribution in [3.63, 3.8) is 0 Å². The quantitative estimate of drug-likeness (QED) is 0.791. The maximum Gasteiger partial charge on any atom is 0.317 e. The Morgan fingerprint density at radius 2 is 2.29 bits per heavy atom. The highest BCUT2D eigenvalue weighted by atomic mass is 16.5. The highest BCUT2D eigenvalue weighted by Gasteiger charge is 2.34. The van der Waals surface area contributed by atoms with E-state index in [1.807, 2.05) is 24.0 Å². The number of anilines is 1. The predicted molar refractivity (Wildman–Crippen MR) is 87.6 cm³/mol. The van der Waals surface area contributed by atoms with Crippen LogP contribution in [-0.2, 0) is 4.79 Å². The third-order valence-corrected chi connectivity index (χ3v) is 4.28. The maximum absolute atomic E-state index is 10.9. The number of carboxylic acid groups (broad SMARTS) is 1. The van der Waals surface area contributed by atoms with Crippen molar-refractivity contribution in [3.8, 4) is 11.5 Å². The SMILES string of the molecule is CCN(CC(=O)O)C1CC(Nc2ncccc2-c2nc(C)no2)C1. The van der Waals surface area contributed by atoms with Crippen LogP contribution in [0.3, 0.4) is 0 Å². The highest BCUT2D eigenvalue weighted by Crippen LogP contribution is 2.31. The van der Waals surface area contributed by atoms with E-state index >= 15 is 0 Å². The average Bonchev–Trinajstić information content (AvgIpc) is 2.95. The lowest BCUT2D eigenvalue weighted by Gasteiger charge is -2.42. The van der Waals surface area contributed by atoms with Gasteiger partial charge in [0.05, 0.1) is 12.1 Å². The smallest absolute Gasteiger partial charge is 0.317 e. The summed E-state index contributed by atoms with van der Waals surface area (Å²) in [6.45, 7) is 4.58. The van der Waals surface area contributed by atoms with Gasteiger partial charge in [0.1, 0.15) is 5.82 Å². The lowest BCUT2D eigenvalue weighted by Crippen LogP contribution is -2.51. The van der Waals surface area contributed by atoms with Gasteiger partial charge in [0.25, 0.3) is 5.89 Å². The molecule has 2 heterocycles. The van der Waals surface area contributed by atoms with E-state index in [4.69, 9.17) is 9.63 Å². The van der Waals surface area contributed by atoms with E-state index in [0.717, 1.165) is 24.9 Å². The lowest BCUT2D eigenvalue weighted by molar-refractivity contribution is -0.139. The highest BCUT2D eigenvalue weighted by molar-refractivity contribution is 5.69. The molecule has 0 spiro atoms. The summed E-state index contributed by atoms with van der Waals surface area (Å²) in [7, 11) is 0. The third-order valence-electron chi connectivity index (χ3n) is 4.28. The van der Waals surface area contributed by atoms with Crippen LogP contribution in [0.1, 0.15) is 25.6 Å². The minimum atomic E-state index is -0.785. The lowest BCUT2D eigenvalue weighted by atomic mass is 9.85. The molecule has 1 aliphatic rings. The molecule has 1 fully saturated rings. The normalized spacial score (nSPS) is 20.0. The van der Waals surface area contributed by atoms with E-state index in [1.165, 1.54) is 0 Å². The number of likely N-dealkylation sites (N-methyl/N-ethyl adjacent to an activating group) is 1. The van der Waals surface area contributed by atoms with Crippen LogP contribution in [-0.4, -0.2) is 56.3 Å². The van der Waals surface area contributed by atoms with Crippen molar-refractivity contribution >= 4 is 11.8 Å². The summed E-state index contributed by atoms with van der Waals surface area (Å²) in [6, 6.07) is 4.27. The fourth-order valence-electron chi connectivity index (χ4n) is 2.97. The molecule has 1 saturated carbocycles. The van der Waals surface area contributed by atoms with Crippen molar-refractivity contribution in [2.45, 2.75) is 38.8 Å². The topological polar surface area (TPSA) is 104 Å². The second-order valence-electron chi connectivity index (χ2n) is 5.97. The Hall–Kier alpha value is -2.48. The Morgan fingerprint density at radius 3 is 2.92 bits per heavy atom. The standard InChI is InChI=1S/C16H21N5O3/c1-3-21(9-14(22)23)12-7-11(8-12)19-15-13(5-4-6-17-15)16-18-10(2)20-24-16/h4-6,11-12H,3,7-9H2,1-2H3,(H,17,19)(H,22,23). The van der Waals surface area contributed by atoms with Crippen LogP contribution < -0.4 is 5.32 Å². The van der Waals surface area contributed by atoms with E-state index in [-0.39, 0.29) is 12.6 Å². The molecule has 2 aromatic rings. The van der Waals surface area contributed by atoms with Gasteiger partial charge in [-0.3, -0.25) is 9.69 Å². The molecule has 8 heteroatoms. The Labute approximate surface area is 139 Å². The molecule has 8 nitrogen and oxygen atoms in total. The molecule has 0 unspecified atom stereocenters. The van der Waals surface area contributed by atoms with Crippen LogP contribution in [0.5, 0.6) is 0 Å². The number of carbonyl (C=O) groups is 1. The van der Waals surface area contributed by atoms with Crippen LogP contribution in [0.25, 0.3) is 11.5 Å². The summed E-state index contributed by atoms with van der Waals surface area (Å²) in [5, 5.41) is 16.2. The Morgan fingerprint density at radius 1 is 1.50 bits per heavy atom. The van der Waals surface area contributed by atoms with Gasteiger partial charge in [-0.25, -0.2) is 4.98 Å². The number of hydrogen-bond donors (Lipinski definition) is 2. The molecular weight excluding hydrogens is 310 g/mol. The van der Waals surface area contributed by atoms with Gasteiger partial charge in [0.2, 0.25) is 0 Å². The second kappa shape index (κ2) is 6.96. The molecule has 0 aromatic carbocycles. The van der Waals surface area contributed by atoms with Crippen LogP contribution in [0.2, 0.25) is 0 Å². The number of nitrogens with zero attached hydrogens (tertiary/aromatic N) is 4. The maximum atomic E-state index is 10.9. The summed E-state index contributed by atoms with van der Waals surface area (Å²) in [4.78, 5) is 21.5. The summed E-state index contributed by atoms with van der Waals surface area (Å²) in [6.07, 6.45) is 3.49. The molecule has 0 amide bonds. The largest absolute Gasteiger partial charge is 0.480 e. The molecule has 2 N–H and O–H groups in total. The zero-order chi connectivity index (χ0) is 17.1. The van der Waals surface area contributed by atoms with Gasteiger partial charge in [-0.05, 0) is 38.4 Å². The zero-order valence-corrected chi connectivity index (χ0v) is 13.8. The predicted octanol–water partition coefficient (Wildman–Crippen LogP) is 1.79. The number of nitrogens with one attached hydrogen (secondary N) is 1. The minimum absolute atomic E-state index is 0.0873. The van der Waals surface area contributed by atoms with Crippen molar-refractivity contribution in [1.82, 2.24) is 20.0 Å². The molecule has 3 rings (SSSR count). The van der Waals surface area contributed by atoms with Gasteiger partial charge in [-0.2, -0.15) is 4.98 Å². The van der Waals surface area contributed by atoms with Crippen molar-refractivity contribution in [2.75, 3.05) is 18.4 Å². The van der Waals surface area contributed by atoms with Crippen molar-refractivity contribution in [1.29, 1.82) is 0 Å². The Balaban J connectivity index is 1.64. The molecule has 0 bridgehead atoms. The Bertz CT molecular complexity index is 711. The average molecular weight is 331 g/mol. The van der Waals surface area contributed by atoms with Gasteiger partial charge in [-0.1, -0.05) is 12.1 Å². The van der Waals surface area contributed by atoms with E-state index < -0.39 is 5.97 Å². The first-order chi connectivity index (χ1) is 11.6. The summed E-state index contributed by atoms with van der Waals surface area (Å²) in [5.41, 5.74) is 0.777. The molecule has 0 saturated heterocycles. The molecule has 1 aliphatic carbocycles. The number of pyridine rings is 1. The summed E-state index contributed by atoms with van der Waals surface area (Å²) in [5.74, 6) is 0.953. The van der Waals surface area contributed by atoms with E-state index in [2.05, 4.69) is 20.4 Å². The Kier molecular flexibility index (Phi) is 4.75. The monoisotopic (exact) mass is 331 g/mol. The van der Waals surface area contributed by atoms with Crippen molar-refractivity contribution in [2.24, 2.45) is 0 Å². The number of aryl methyl sites for hydroxylation is 1. The second-order valence-corrected chi connectivity index (χ2v) is 5.97. The molecule has 0 radical (unpaired) electrons. The fourth-order valence-corrected chi connectivity index (χ4v) is 2.97. The van der Waals surface area contributed by atoms with Gasteiger partial charge in [0, 0.05) is 18.3 Å². The zero-order valence-electron chi connectivity index (χ0n) is 13.8. The van der Waals surface area contributed by atoms with Crippen LogP contribution in [0.4, 0.5) is 5.82 Å². The van der Waals surface area contributed by atoms with E-state index in [1.54, 1.807) is 13.1 Å². The number of aromatic nitrogens is 3. The third kappa shape index (κ3) is 3.53. The first-order valence-electron chi connectivity index (χ1n) is 8.05. The summed E-state index contributed by atoms with van der Waals surface area (Å²) < 4.78 is 5.23. The van der Waals surface area contributed by atoms with Crippen LogP contribution in [0.15, 0.2) is 22.9 Å². The number of aliphatic carboxylic acids is 1. The van der Waals surface area contributed by atoms with E-state index in [9.17, 15) is 4.79 Å². The fraction of sp³-hybridized carbons (Fsp3) is 0.500.